The van der Waals surface area contributed by atoms with Crippen LogP contribution in [0.2, 0.25) is 0 Å². The van der Waals surface area contributed by atoms with E-state index in [-0.39, 0.29) is 0 Å². The van der Waals surface area contributed by atoms with Gasteiger partial charge < -0.3 is 11.1 Å². The number of nitriles is 1. The number of carbonyl (C=O) groups is 1. The SMILES string of the molecule is N#Cc1cnnc(NC(C(N)=O)c2cccc(Br)c2)c1. The molecule has 1 unspecified atom stereocenters. The first-order valence-corrected chi connectivity index (χ1v) is 6.43. The molecule has 1 aromatic heterocycles. The molecule has 0 aliphatic heterocycles. The molecule has 0 fully saturated rings. The molecule has 0 saturated carbocycles. The largest absolute Gasteiger partial charge is 0.368 e. The summed E-state index contributed by atoms with van der Waals surface area (Å²) in [5.41, 5.74) is 6.45. The van der Waals surface area contributed by atoms with E-state index in [0.717, 1.165) is 4.47 Å². The van der Waals surface area contributed by atoms with Gasteiger partial charge in [0.15, 0.2) is 5.82 Å². The lowest BCUT2D eigenvalue weighted by Crippen LogP contribution is -2.28. The van der Waals surface area contributed by atoms with Gasteiger partial charge in [-0.05, 0) is 17.7 Å². The minimum atomic E-state index is -0.754. The maximum atomic E-state index is 11.6. The van der Waals surface area contributed by atoms with Gasteiger partial charge in [-0.3, -0.25) is 4.79 Å². The van der Waals surface area contributed by atoms with Crippen molar-refractivity contribution in [3.8, 4) is 6.07 Å². The topological polar surface area (TPSA) is 105 Å². The standard InChI is InChI=1S/C13H10BrN5O/c14-10-3-1-2-9(5-10)12(13(16)20)18-11-4-8(6-15)7-17-19-11/h1-5,7,12H,(H2,16,20)(H,18,19). The van der Waals surface area contributed by atoms with E-state index in [0.29, 0.717) is 16.9 Å². The first-order valence-electron chi connectivity index (χ1n) is 5.64. The number of amides is 1. The highest BCUT2D eigenvalue weighted by Crippen LogP contribution is 2.21. The Hall–Kier alpha value is -2.46. The van der Waals surface area contributed by atoms with Crippen molar-refractivity contribution in [3.05, 3.63) is 52.1 Å². The Morgan fingerprint density at radius 2 is 2.25 bits per heavy atom. The fourth-order valence-electron chi connectivity index (χ4n) is 1.65. The van der Waals surface area contributed by atoms with Crippen LogP contribution in [0.5, 0.6) is 0 Å². The van der Waals surface area contributed by atoms with Crippen LogP contribution in [0.1, 0.15) is 17.2 Å². The summed E-state index contributed by atoms with van der Waals surface area (Å²) in [7, 11) is 0. The van der Waals surface area contributed by atoms with Crippen LogP contribution in [0.25, 0.3) is 0 Å². The summed E-state index contributed by atoms with van der Waals surface area (Å²) in [6, 6.07) is 9.90. The zero-order chi connectivity index (χ0) is 14.5. The molecule has 1 heterocycles. The number of nitrogens with two attached hydrogens (primary N) is 1. The third-order valence-corrected chi connectivity index (χ3v) is 3.04. The number of hydrogen-bond acceptors (Lipinski definition) is 5. The van der Waals surface area contributed by atoms with Gasteiger partial charge in [-0.15, -0.1) is 5.10 Å². The normalized spacial score (nSPS) is 11.4. The minimum absolute atomic E-state index is 0.313. The van der Waals surface area contributed by atoms with E-state index in [1.165, 1.54) is 12.3 Å². The predicted molar refractivity (Wildman–Crippen MR) is 76.4 cm³/mol. The molecule has 2 aromatic rings. The third kappa shape index (κ3) is 3.30. The van der Waals surface area contributed by atoms with E-state index in [4.69, 9.17) is 11.0 Å². The van der Waals surface area contributed by atoms with Gasteiger partial charge in [-0.25, -0.2) is 0 Å². The smallest absolute Gasteiger partial charge is 0.244 e. The molecule has 0 spiro atoms. The summed E-state index contributed by atoms with van der Waals surface area (Å²) in [5, 5.41) is 19.2. The van der Waals surface area contributed by atoms with Crippen LogP contribution in [0.15, 0.2) is 41.0 Å². The van der Waals surface area contributed by atoms with Crippen molar-refractivity contribution >= 4 is 27.7 Å². The molecule has 100 valence electrons. The summed E-state index contributed by atoms with van der Waals surface area (Å²) in [5.74, 6) is -0.236. The first kappa shape index (κ1) is 14.0. The zero-order valence-electron chi connectivity index (χ0n) is 10.2. The lowest BCUT2D eigenvalue weighted by atomic mass is 10.1. The highest BCUT2D eigenvalue weighted by molar-refractivity contribution is 9.10. The van der Waals surface area contributed by atoms with Crippen molar-refractivity contribution in [1.82, 2.24) is 10.2 Å². The molecule has 3 N–H and O–H groups in total. The van der Waals surface area contributed by atoms with E-state index in [1.807, 2.05) is 12.1 Å². The number of rotatable bonds is 4. The highest BCUT2D eigenvalue weighted by atomic mass is 79.9. The van der Waals surface area contributed by atoms with E-state index in [9.17, 15) is 4.79 Å². The second-order valence-corrected chi connectivity index (χ2v) is 4.89. The van der Waals surface area contributed by atoms with Crippen LogP contribution in [0.4, 0.5) is 5.82 Å². The van der Waals surface area contributed by atoms with Gasteiger partial charge >= 0.3 is 0 Å². The van der Waals surface area contributed by atoms with Gasteiger partial charge in [0.25, 0.3) is 0 Å². The number of halogens is 1. The van der Waals surface area contributed by atoms with Gasteiger partial charge in [-0.2, -0.15) is 10.4 Å². The zero-order valence-corrected chi connectivity index (χ0v) is 11.8. The third-order valence-electron chi connectivity index (χ3n) is 2.54. The Balaban J connectivity index is 2.31. The summed E-state index contributed by atoms with van der Waals surface area (Å²) in [4.78, 5) is 11.6. The first-order chi connectivity index (χ1) is 9.60. The quantitative estimate of drug-likeness (QED) is 0.887. The van der Waals surface area contributed by atoms with Crippen LogP contribution in [-0.4, -0.2) is 16.1 Å². The summed E-state index contributed by atoms with van der Waals surface area (Å²) < 4.78 is 0.833. The summed E-state index contributed by atoms with van der Waals surface area (Å²) >= 11 is 3.34. The van der Waals surface area contributed by atoms with Gasteiger partial charge in [0, 0.05) is 10.5 Å². The van der Waals surface area contributed by atoms with E-state index in [1.54, 1.807) is 18.2 Å². The maximum Gasteiger partial charge on any atom is 0.244 e. The molecular weight excluding hydrogens is 322 g/mol. The molecule has 0 bridgehead atoms. The second-order valence-electron chi connectivity index (χ2n) is 3.98. The van der Waals surface area contributed by atoms with Crippen molar-refractivity contribution in [2.75, 3.05) is 5.32 Å². The Labute approximate surface area is 123 Å². The van der Waals surface area contributed by atoms with Crippen LogP contribution in [-0.2, 0) is 4.79 Å². The number of nitrogens with zero attached hydrogens (tertiary/aromatic N) is 3. The Morgan fingerprint density at radius 1 is 1.45 bits per heavy atom. The van der Waals surface area contributed by atoms with Crippen molar-refractivity contribution in [2.45, 2.75) is 6.04 Å². The van der Waals surface area contributed by atoms with Crippen molar-refractivity contribution in [3.63, 3.8) is 0 Å². The van der Waals surface area contributed by atoms with Crippen molar-refractivity contribution in [2.24, 2.45) is 5.73 Å². The number of nitrogens with one attached hydrogen (secondary N) is 1. The average molecular weight is 332 g/mol. The van der Waals surface area contributed by atoms with Gasteiger partial charge in [0.2, 0.25) is 5.91 Å². The van der Waals surface area contributed by atoms with E-state index in [2.05, 4.69) is 31.4 Å². The summed E-state index contributed by atoms with van der Waals surface area (Å²) in [6.07, 6.45) is 1.34. The van der Waals surface area contributed by atoms with Crippen LogP contribution >= 0.6 is 15.9 Å². The number of carbonyl (C=O) groups excluding carboxylic acids is 1. The number of anilines is 1. The molecule has 7 heteroatoms. The second kappa shape index (κ2) is 6.12. The molecule has 20 heavy (non-hydrogen) atoms. The molecule has 0 aliphatic carbocycles. The van der Waals surface area contributed by atoms with E-state index < -0.39 is 11.9 Å². The minimum Gasteiger partial charge on any atom is -0.368 e. The Bertz CT molecular complexity index is 682. The fourth-order valence-corrected chi connectivity index (χ4v) is 2.07. The van der Waals surface area contributed by atoms with Gasteiger partial charge in [0.1, 0.15) is 12.1 Å². The molecule has 6 nitrogen and oxygen atoms in total. The predicted octanol–water partition coefficient (Wildman–Crippen LogP) is 1.75. The lowest BCUT2D eigenvalue weighted by Gasteiger charge is -2.16. The Morgan fingerprint density at radius 3 is 2.90 bits per heavy atom. The molecular formula is C13H10BrN5O. The molecule has 1 atom stereocenters. The average Bonchev–Trinajstić information content (AvgIpc) is 2.44. The fraction of sp³-hybridized carbons (Fsp3) is 0.0769. The van der Waals surface area contributed by atoms with E-state index >= 15 is 0 Å². The van der Waals surface area contributed by atoms with Gasteiger partial charge in [0.05, 0.1) is 11.8 Å². The van der Waals surface area contributed by atoms with Crippen LogP contribution in [0.3, 0.4) is 0 Å². The highest BCUT2D eigenvalue weighted by Gasteiger charge is 2.18. The number of benzene rings is 1. The molecule has 0 aliphatic rings. The number of hydrogen-bond donors (Lipinski definition) is 2. The lowest BCUT2D eigenvalue weighted by molar-refractivity contribution is -0.118. The van der Waals surface area contributed by atoms with Gasteiger partial charge in [-0.1, -0.05) is 28.1 Å². The monoisotopic (exact) mass is 331 g/mol. The van der Waals surface area contributed by atoms with Crippen molar-refractivity contribution < 1.29 is 4.79 Å². The molecule has 1 aromatic carbocycles. The molecule has 1 amide bonds. The van der Waals surface area contributed by atoms with Crippen LogP contribution < -0.4 is 11.1 Å². The van der Waals surface area contributed by atoms with Crippen molar-refractivity contribution in [1.29, 1.82) is 5.26 Å². The maximum absolute atomic E-state index is 11.6. The molecule has 2 rings (SSSR count). The number of aromatic nitrogens is 2. The number of primary amides is 1. The summed E-state index contributed by atoms with van der Waals surface area (Å²) in [6.45, 7) is 0. The molecule has 0 saturated heterocycles. The molecule has 0 radical (unpaired) electrons. The van der Waals surface area contributed by atoms with Crippen LogP contribution in [0, 0.1) is 11.3 Å². The Kier molecular flexibility index (Phi) is 4.27.